The first-order valence-electron chi connectivity index (χ1n) is 9.92. The van der Waals surface area contributed by atoms with Crippen molar-refractivity contribution in [2.24, 2.45) is 5.92 Å². The van der Waals surface area contributed by atoms with Crippen molar-refractivity contribution in [2.45, 2.75) is 52.5 Å². The van der Waals surface area contributed by atoms with Crippen LogP contribution >= 0.6 is 11.3 Å². The lowest BCUT2D eigenvalue weighted by Gasteiger charge is -2.33. The molecule has 0 aromatic carbocycles. The SMILES string of the molecule is Cc1sc2nc(C)n(C3CCN(CC(=O)NCC4CC4)CC3)c(=O)c2c1C. The lowest BCUT2D eigenvalue weighted by Crippen LogP contribution is -2.43. The van der Waals surface area contributed by atoms with Crippen molar-refractivity contribution in [1.29, 1.82) is 0 Å². The fraction of sp³-hybridized carbons (Fsp3) is 0.650. The number of fused-ring (bicyclic) bond motifs is 1. The molecule has 0 radical (unpaired) electrons. The van der Waals surface area contributed by atoms with Crippen molar-refractivity contribution in [1.82, 2.24) is 19.8 Å². The summed E-state index contributed by atoms with van der Waals surface area (Å²) < 4.78 is 1.89. The molecule has 2 aromatic heterocycles. The van der Waals surface area contributed by atoms with E-state index in [1.54, 1.807) is 11.3 Å². The van der Waals surface area contributed by atoms with Gasteiger partial charge in [-0.1, -0.05) is 0 Å². The molecule has 1 saturated carbocycles. The van der Waals surface area contributed by atoms with E-state index in [2.05, 4.69) is 10.2 Å². The number of amides is 1. The van der Waals surface area contributed by atoms with E-state index in [4.69, 9.17) is 4.98 Å². The van der Waals surface area contributed by atoms with Crippen LogP contribution in [-0.4, -0.2) is 46.5 Å². The summed E-state index contributed by atoms with van der Waals surface area (Å²) in [6.07, 6.45) is 4.26. The molecule has 27 heavy (non-hydrogen) atoms. The maximum atomic E-state index is 13.1. The number of carbonyl (C=O) groups is 1. The zero-order valence-corrected chi connectivity index (χ0v) is 17.2. The van der Waals surface area contributed by atoms with E-state index in [1.807, 2.05) is 25.3 Å². The predicted molar refractivity (Wildman–Crippen MR) is 109 cm³/mol. The Bertz CT molecular complexity index is 920. The molecule has 1 N–H and O–H groups in total. The number of piperidine rings is 1. The molecule has 3 heterocycles. The van der Waals surface area contributed by atoms with Gasteiger partial charge in [0.1, 0.15) is 10.7 Å². The second kappa shape index (κ2) is 7.36. The number of aryl methyl sites for hydroxylation is 3. The van der Waals surface area contributed by atoms with Crippen LogP contribution in [0, 0.1) is 26.7 Å². The monoisotopic (exact) mass is 388 g/mol. The van der Waals surface area contributed by atoms with Crippen molar-refractivity contribution in [2.75, 3.05) is 26.2 Å². The highest BCUT2D eigenvalue weighted by atomic mass is 32.1. The zero-order chi connectivity index (χ0) is 19.1. The molecule has 1 saturated heterocycles. The summed E-state index contributed by atoms with van der Waals surface area (Å²) in [6.45, 7) is 8.97. The van der Waals surface area contributed by atoms with Gasteiger partial charge in [0.25, 0.3) is 5.56 Å². The quantitative estimate of drug-likeness (QED) is 0.855. The van der Waals surface area contributed by atoms with Crippen LogP contribution in [0.5, 0.6) is 0 Å². The maximum Gasteiger partial charge on any atom is 0.262 e. The second-order valence-corrected chi connectivity index (χ2v) is 9.26. The van der Waals surface area contributed by atoms with E-state index in [0.717, 1.165) is 54.1 Å². The van der Waals surface area contributed by atoms with Gasteiger partial charge in [-0.2, -0.15) is 0 Å². The van der Waals surface area contributed by atoms with Crippen molar-refractivity contribution in [3.8, 4) is 0 Å². The molecule has 1 aliphatic heterocycles. The summed E-state index contributed by atoms with van der Waals surface area (Å²) in [4.78, 5) is 34.2. The Morgan fingerprint density at radius 1 is 1.19 bits per heavy atom. The number of likely N-dealkylation sites (tertiary alicyclic amines) is 1. The number of nitrogens with zero attached hydrogens (tertiary/aromatic N) is 3. The van der Waals surface area contributed by atoms with Gasteiger partial charge in [0.05, 0.1) is 11.9 Å². The highest BCUT2D eigenvalue weighted by Crippen LogP contribution is 2.29. The first-order chi connectivity index (χ1) is 12.9. The standard InChI is InChI=1S/C20H28N4O2S/c1-12-13(2)27-19-18(12)20(26)24(14(3)22-19)16-6-8-23(9-7-16)11-17(25)21-10-15-4-5-15/h15-16H,4-11H2,1-3H3,(H,21,25). The van der Waals surface area contributed by atoms with Crippen LogP contribution in [0.4, 0.5) is 0 Å². The molecular formula is C20H28N4O2S. The molecule has 1 aliphatic carbocycles. The Morgan fingerprint density at radius 3 is 2.56 bits per heavy atom. The summed E-state index contributed by atoms with van der Waals surface area (Å²) in [5, 5.41) is 3.82. The van der Waals surface area contributed by atoms with Gasteiger partial charge < -0.3 is 5.32 Å². The number of hydrogen-bond donors (Lipinski definition) is 1. The lowest BCUT2D eigenvalue weighted by atomic mass is 10.0. The third-order valence-corrected chi connectivity index (χ3v) is 7.09. The van der Waals surface area contributed by atoms with Gasteiger partial charge in [0, 0.05) is 30.6 Å². The second-order valence-electron chi connectivity index (χ2n) is 8.05. The van der Waals surface area contributed by atoms with E-state index in [-0.39, 0.29) is 17.5 Å². The summed E-state index contributed by atoms with van der Waals surface area (Å²) in [5.74, 6) is 1.64. The van der Waals surface area contributed by atoms with E-state index >= 15 is 0 Å². The first-order valence-corrected chi connectivity index (χ1v) is 10.7. The average Bonchev–Trinajstić information content (AvgIpc) is 3.41. The topological polar surface area (TPSA) is 67.2 Å². The highest BCUT2D eigenvalue weighted by molar-refractivity contribution is 7.18. The molecule has 7 heteroatoms. The van der Waals surface area contributed by atoms with Gasteiger partial charge in [-0.05, 0) is 57.9 Å². The van der Waals surface area contributed by atoms with Crippen molar-refractivity contribution < 1.29 is 4.79 Å². The van der Waals surface area contributed by atoms with Gasteiger partial charge in [-0.15, -0.1) is 11.3 Å². The van der Waals surface area contributed by atoms with E-state index in [9.17, 15) is 9.59 Å². The molecule has 4 rings (SSSR count). The molecule has 0 unspecified atom stereocenters. The number of nitrogens with one attached hydrogen (secondary N) is 1. The Balaban J connectivity index is 1.44. The molecular weight excluding hydrogens is 360 g/mol. The predicted octanol–water partition coefficient (Wildman–Crippen LogP) is 2.55. The van der Waals surface area contributed by atoms with Crippen LogP contribution < -0.4 is 10.9 Å². The van der Waals surface area contributed by atoms with Gasteiger partial charge in [0.15, 0.2) is 0 Å². The number of hydrogen-bond acceptors (Lipinski definition) is 5. The Labute approximate surface area is 163 Å². The van der Waals surface area contributed by atoms with Crippen LogP contribution in [0.3, 0.4) is 0 Å². The molecule has 6 nitrogen and oxygen atoms in total. The average molecular weight is 389 g/mol. The zero-order valence-electron chi connectivity index (χ0n) is 16.4. The molecule has 2 aliphatic rings. The summed E-state index contributed by atoms with van der Waals surface area (Å²) in [5.41, 5.74) is 1.16. The maximum absolute atomic E-state index is 13.1. The van der Waals surface area contributed by atoms with Crippen LogP contribution in [0.25, 0.3) is 10.2 Å². The van der Waals surface area contributed by atoms with Gasteiger partial charge in [0.2, 0.25) is 5.91 Å². The minimum Gasteiger partial charge on any atom is -0.355 e. The normalized spacial score (nSPS) is 18.9. The fourth-order valence-corrected chi connectivity index (χ4v) is 5.08. The van der Waals surface area contributed by atoms with Crippen LogP contribution in [-0.2, 0) is 4.79 Å². The lowest BCUT2D eigenvalue weighted by molar-refractivity contribution is -0.122. The van der Waals surface area contributed by atoms with Crippen LogP contribution in [0.1, 0.15) is 48.0 Å². The smallest absolute Gasteiger partial charge is 0.262 e. The minimum absolute atomic E-state index is 0.0972. The van der Waals surface area contributed by atoms with E-state index < -0.39 is 0 Å². The molecule has 1 amide bonds. The van der Waals surface area contributed by atoms with Crippen molar-refractivity contribution in [3.05, 3.63) is 26.6 Å². The summed E-state index contributed by atoms with van der Waals surface area (Å²) >= 11 is 1.60. The first kappa shape index (κ1) is 18.6. The Morgan fingerprint density at radius 2 is 1.89 bits per heavy atom. The van der Waals surface area contributed by atoms with E-state index in [1.165, 1.54) is 17.7 Å². The van der Waals surface area contributed by atoms with Crippen molar-refractivity contribution >= 4 is 27.5 Å². The van der Waals surface area contributed by atoms with Gasteiger partial charge in [-0.25, -0.2) is 4.98 Å². The van der Waals surface area contributed by atoms with E-state index in [0.29, 0.717) is 12.5 Å². The number of carbonyl (C=O) groups excluding carboxylic acids is 1. The number of aromatic nitrogens is 2. The van der Waals surface area contributed by atoms with Gasteiger partial charge >= 0.3 is 0 Å². The molecule has 0 spiro atoms. The molecule has 0 atom stereocenters. The third-order valence-electron chi connectivity index (χ3n) is 5.99. The van der Waals surface area contributed by atoms with Crippen LogP contribution in [0.2, 0.25) is 0 Å². The van der Waals surface area contributed by atoms with Crippen LogP contribution in [0.15, 0.2) is 4.79 Å². The third kappa shape index (κ3) is 3.80. The molecule has 146 valence electrons. The minimum atomic E-state index is 0.0972. The van der Waals surface area contributed by atoms with Crippen molar-refractivity contribution in [3.63, 3.8) is 0 Å². The molecule has 2 aromatic rings. The number of thiophene rings is 1. The number of rotatable bonds is 5. The Kier molecular flexibility index (Phi) is 5.07. The molecule has 0 bridgehead atoms. The highest BCUT2D eigenvalue weighted by Gasteiger charge is 2.26. The fourth-order valence-electron chi connectivity index (χ4n) is 4.01. The Hall–Kier alpha value is -1.73. The summed E-state index contributed by atoms with van der Waals surface area (Å²) in [6, 6.07) is 0.166. The van der Waals surface area contributed by atoms with Gasteiger partial charge in [-0.3, -0.25) is 19.1 Å². The molecule has 2 fully saturated rings. The largest absolute Gasteiger partial charge is 0.355 e. The summed E-state index contributed by atoms with van der Waals surface area (Å²) in [7, 11) is 0.